The summed E-state index contributed by atoms with van der Waals surface area (Å²) in [6.45, 7) is 0. The van der Waals surface area contributed by atoms with E-state index in [0.717, 1.165) is 56.0 Å². The van der Waals surface area contributed by atoms with Crippen LogP contribution in [0.4, 0.5) is 0 Å². The second kappa shape index (κ2) is 11.0. The minimum atomic E-state index is -0.943. The van der Waals surface area contributed by atoms with E-state index < -0.39 is 5.97 Å². The van der Waals surface area contributed by atoms with Crippen LogP contribution in [-0.4, -0.2) is 31.0 Å². The number of hydrogen-bond acceptors (Lipinski definition) is 3. The summed E-state index contributed by atoms with van der Waals surface area (Å²) < 4.78 is 0. The average molecular weight is 557 g/mol. The van der Waals surface area contributed by atoms with Gasteiger partial charge in [0.05, 0.1) is 28.3 Å². The van der Waals surface area contributed by atoms with Gasteiger partial charge in [-0.2, -0.15) is 0 Å². The minimum absolute atomic E-state index is 0. The van der Waals surface area contributed by atoms with Gasteiger partial charge < -0.3 is 39.9 Å². The quantitative estimate of drug-likeness (QED) is 0.257. The zero-order valence-corrected chi connectivity index (χ0v) is 21.1. The molecule has 9 heteroatoms. The molecule has 0 atom stereocenters. The van der Waals surface area contributed by atoms with Gasteiger partial charge in [-0.05, 0) is 84.5 Å². The van der Waals surface area contributed by atoms with Crippen molar-refractivity contribution < 1.29 is 51.8 Å². The van der Waals surface area contributed by atoms with Crippen molar-refractivity contribution in [1.82, 2.24) is 19.9 Å². The maximum atomic E-state index is 11.2. The number of nitrogens with one attached hydrogen (secondary N) is 2. The van der Waals surface area contributed by atoms with E-state index in [1.807, 2.05) is 78.9 Å². The number of aromatic amines is 2. The number of aromatic nitrogens is 4. The van der Waals surface area contributed by atoms with Gasteiger partial charge in [0.25, 0.3) is 0 Å². The van der Waals surface area contributed by atoms with E-state index >= 15 is 0 Å². The Hall–Kier alpha value is -3.61. The number of carbonyl (C=O) groups is 1. The third-order valence-corrected chi connectivity index (χ3v) is 5.61. The van der Waals surface area contributed by atoms with Gasteiger partial charge in [0, 0.05) is 27.6 Å². The van der Waals surface area contributed by atoms with Crippen molar-refractivity contribution in [3.05, 3.63) is 107 Å². The molecule has 0 saturated carbocycles. The Bertz CT molecular complexity index is 1650. The molecule has 0 unspecified atom stereocenters. The van der Waals surface area contributed by atoms with Crippen molar-refractivity contribution >= 4 is 51.8 Å². The molecule has 0 spiro atoms. The smallest absolute Gasteiger partial charge is 1.00 e. The number of fused-ring (bicyclic) bond motifs is 8. The zero-order valence-electron chi connectivity index (χ0n) is 18.5. The Morgan fingerprint density at radius 3 is 1.69 bits per heavy atom. The number of carboxylic acid groups (broad SMARTS) is 1. The van der Waals surface area contributed by atoms with Gasteiger partial charge in [-0.15, -0.1) is 0 Å². The molecule has 180 valence electrons. The molecule has 1 aromatic carbocycles. The summed E-state index contributed by atoms with van der Waals surface area (Å²) in [5.41, 5.74) is 9.24. The maximum Gasteiger partial charge on any atom is 2.00 e. The summed E-state index contributed by atoms with van der Waals surface area (Å²) in [6, 6.07) is 22.9. The first-order valence-electron chi connectivity index (χ1n) is 10.5. The monoisotopic (exact) mass is 556 g/mol. The molecule has 6 nitrogen and oxygen atoms in total. The summed E-state index contributed by atoms with van der Waals surface area (Å²) in [5, 5.41) is 9.23. The molecule has 0 amide bonds. The molecule has 2 aliphatic rings. The van der Waals surface area contributed by atoms with Crippen molar-refractivity contribution in [2.75, 3.05) is 0 Å². The summed E-state index contributed by atoms with van der Waals surface area (Å²) in [7, 11) is 0. The molecule has 0 aliphatic carbocycles. The van der Waals surface area contributed by atoms with Crippen molar-refractivity contribution in [2.45, 2.75) is 0 Å². The first-order valence-corrected chi connectivity index (χ1v) is 10.5. The molecule has 0 radical (unpaired) electrons. The number of H-pyrrole nitrogens is 2. The van der Waals surface area contributed by atoms with Crippen LogP contribution >= 0.6 is 0 Å². The number of hydrogen-bond donors (Lipinski definition) is 3. The van der Waals surface area contributed by atoms with Gasteiger partial charge in [-0.25, -0.2) is 14.8 Å². The van der Waals surface area contributed by atoms with E-state index in [-0.39, 0.29) is 47.4 Å². The van der Waals surface area contributed by atoms with Gasteiger partial charge in [-0.3, -0.25) is 0 Å². The molecule has 6 rings (SSSR count). The van der Waals surface area contributed by atoms with E-state index in [9.17, 15) is 9.90 Å². The van der Waals surface area contributed by atoms with Crippen LogP contribution in [0.25, 0.3) is 45.9 Å². The Balaban J connectivity index is 0.00000120. The predicted molar refractivity (Wildman–Crippen MR) is 130 cm³/mol. The topological polar surface area (TPSA) is 94.7 Å². The predicted octanol–water partition coefficient (Wildman–Crippen LogP) is -0.222. The summed E-state index contributed by atoms with van der Waals surface area (Å²) in [5.74, 6) is -0.943. The van der Waals surface area contributed by atoms with Crippen molar-refractivity contribution in [3.63, 3.8) is 0 Å². The largest absolute Gasteiger partial charge is 2.00 e. The van der Waals surface area contributed by atoms with Gasteiger partial charge in [0.2, 0.25) is 0 Å². The third-order valence-electron chi connectivity index (χ3n) is 5.61. The normalized spacial score (nSPS) is 11.5. The van der Waals surface area contributed by atoms with Gasteiger partial charge in [0.15, 0.2) is 0 Å². The molecule has 3 aromatic heterocycles. The standard InChI is InChI=1S/C27H18N4O2.2ClH.Fe/c32-27(33)17-3-1-16(2-4-17)25-14-24-13-22-8-7-20(29-22)11-18-5-6-19(28-18)12-21-9-10-23(30-21)15-26(25)31-24;;;/h1-15,29-30H,(H,32,33);2*1H;/q;;;+2/p-2. The molecule has 36 heavy (non-hydrogen) atoms. The Kier molecular flexibility index (Phi) is 8.23. The van der Waals surface area contributed by atoms with Crippen LogP contribution in [0.5, 0.6) is 0 Å². The first-order chi connectivity index (χ1) is 16.1. The van der Waals surface area contributed by atoms with E-state index in [0.29, 0.717) is 0 Å². The number of benzene rings is 1. The first kappa shape index (κ1) is 27.0. The second-order valence-electron chi connectivity index (χ2n) is 7.97. The van der Waals surface area contributed by atoms with E-state index in [1.165, 1.54) is 0 Å². The molecule has 5 heterocycles. The van der Waals surface area contributed by atoms with Crippen LogP contribution in [0.3, 0.4) is 0 Å². The van der Waals surface area contributed by atoms with Crippen LogP contribution in [-0.2, 0) is 17.1 Å². The van der Waals surface area contributed by atoms with E-state index in [4.69, 9.17) is 4.98 Å². The molecule has 8 bridgehead atoms. The Labute approximate surface area is 229 Å². The molecular formula is C27H18Cl2FeN4O2. The van der Waals surface area contributed by atoms with Crippen LogP contribution in [0.2, 0.25) is 0 Å². The molecule has 0 fully saturated rings. The van der Waals surface area contributed by atoms with Crippen LogP contribution in [0.15, 0.2) is 72.8 Å². The fourth-order valence-corrected chi connectivity index (χ4v) is 4.04. The fourth-order valence-electron chi connectivity index (χ4n) is 4.04. The average Bonchev–Trinajstić information content (AvgIpc) is 3.59. The van der Waals surface area contributed by atoms with Crippen LogP contribution < -0.4 is 24.8 Å². The molecule has 4 aromatic rings. The van der Waals surface area contributed by atoms with Crippen LogP contribution in [0.1, 0.15) is 38.7 Å². The fraction of sp³-hybridized carbons (Fsp3) is 0. The SMILES string of the molecule is O=C(O)c1ccc(C2=Cc3cc4ccc(cc5nc(cc6ccc(cc2n3)[nH]6)C=C5)[nH]4)cc1.[Cl-].[Cl-].[Fe+2]. The number of nitrogens with zero attached hydrogens (tertiary/aromatic N) is 2. The van der Waals surface area contributed by atoms with Crippen molar-refractivity contribution in [2.24, 2.45) is 0 Å². The molecule has 2 aliphatic heterocycles. The molecular weight excluding hydrogens is 539 g/mol. The second-order valence-corrected chi connectivity index (χ2v) is 7.97. The molecule has 3 N–H and O–H groups in total. The van der Waals surface area contributed by atoms with Crippen molar-refractivity contribution in [3.8, 4) is 0 Å². The maximum absolute atomic E-state index is 11.2. The van der Waals surface area contributed by atoms with Crippen LogP contribution in [0, 0.1) is 0 Å². The Morgan fingerprint density at radius 2 is 1.17 bits per heavy atom. The van der Waals surface area contributed by atoms with Gasteiger partial charge >= 0.3 is 23.0 Å². The zero-order chi connectivity index (χ0) is 22.4. The summed E-state index contributed by atoms with van der Waals surface area (Å²) >= 11 is 0. The summed E-state index contributed by atoms with van der Waals surface area (Å²) in [4.78, 5) is 27.6. The minimum Gasteiger partial charge on any atom is -1.00 e. The third kappa shape index (κ3) is 5.45. The van der Waals surface area contributed by atoms with Gasteiger partial charge in [-0.1, -0.05) is 12.1 Å². The van der Waals surface area contributed by atoms with E-state index in [1.54, 1.807) is 12.1 Å². The Morgan fingerprint density at radius 1 is 0.667 bits per heavy atom. The summed E-state index contributed by atoms with van der Waals surface area (Å²) in [6.07, 6.45) is 6.01. The number of halogens is 2. The van der Waals surface area contributed by atoms with Gasteiger partial charge in [0.1, 0.15) is 0 Å². The van der Waals surface area contributed by atoms with Crippen molar-refractivity contribution in [1.29, 1.82) is 0 Å². The number of carboxylic acids is 1. The molecule has 0 saturated heterocycles. The van der Waals surface area contributed by atoms with E-state index in [2.05, 4.69) is 15.0 Å². The number of rotatable bonds is 2. The number of aromatic carboxylic acids is 1.